The summed E-state index contributed by atoms with van der Waals surface area (Å²) in [6.45, 7) is 2.40. The first kappa shape index (κ1) is 15.4. The Labute approximate surface area is 112 Å². The van der Waals surface area contributed by atoms with Gasteiger partial charge in [-0.15, -0.1) is 5.06 Å². The highest BCUT2D eigenvalue weighted by Gasteiger charge is 2.34. The Bertz CT molecular complexity index is 345. The molecule has 0 saturated carbocycles. The fourth-order valence-corrected chi connectivity index (χ4v) is 1.79. The van der Waals surface area contributed by atoms with Crippen molar-refractivity contribution < 1.29 is 24.0 Å². The van der Waals surface area contributed by atoms with Crippen molar-refractivity contribution in [1.82, 2.24) is 10.4 Å². The molecule has 1 fully saturated rings. The Morgan fingerprint density at radius 2 is 2.16 bits per heavy atom. The summed E-state index contributed by atoms with van der Waals surface area (Å²) in [5.74, 6) is -0.882. The lowest BCUT2D eigenvalue weighted by atomic mass is 10.2. The van der Waals surface area contributed by atoms with Gasteiger partial charge < -0.3 is 14.9 Å². The van der Waals surface area contributed by atoms with Crippen molar-refractivity contribution in [2.45, 2.75) is 45.3 Å². The Morgan fingerprint density at radius 1 is 1.42 bits per heavy atom. The molecule has 0 spiro atoms. The molecule has 1 unspecified atom stereocenters. The molecule has 1 atom stereocenters. The normalized spacial score (nSPS) is 18.5. The van der Waals surface area contributed by atoms with E-state index in [9.17, 15) is 14.4 Å². The van der Waals surface area contributed by atoms with Crippen LogP contribution in [0.3, 0.4) is 0 Å². The first-order chi connectivity index (χ1) is 9.08. The fourth-order valence-electron chi connectivity index (χ4n) is 1.79. The summed E-state index contributed by atoms with van der Waals surface area (Å²) < 4.78 is 5.03. The van der Waals surface area contributed by atoms with E-state index in [4.69, 9.17) is 9.57 Å². The van der Waals surface area contributed by atoms with Gasteiger partial charge in [-0.2, -0.15) is 0 Å². The molecule has 0 aliphatic carbocycles. The Kier molecular flexibility index (Phi) is 6.27. The van der Waals surface area contributed by atoms with Gasteiger partial charge in [0.2, 0.25) is 5.91 Å². The zero-order valence-corrected chi connectivity index (χ0v) is 11.3. The molecule has 0 aromatic rings. The van der Waals surface area contributed by atoms with Crippen LogP contribution in [-0.2, 0) is 24.0 Å². The van der Waals surface area contributed by atoms with Crippen LogP contribution in [0.25, 0.3) is 0 Å². The number of ether oxygens (including phenoxy) is 1. The Balaban J connectivity index is 2.27. The summed E-state index contributed by atoms with van der Waals surface area (Å²) in [6.07, 6.45) is 1.08. The van der Waals surface area contributed by atoms with E-state index in [1.807, 2.05) is 6.92 Å². The summed E-state index contributed by atoms with van der Waals surface area (Å²) in [5.41, 5.74) is 0. The Hall–Kier alpha value is -1.63. The number of hydroxylamine groups is 2. The number of hydrogen-bond acceptors (Lipinski definition) is 5. The number of nitrogens with zero attached hydrogens (tertiary/aromatic N) is 1. The average molecular weight is 272 g/mol. The molecule has 1 aliphatic heterocycles. The van der Waals surface area contributed by atoms with E-state index in [1.165, 1.54) is 7.11 Å². The van der Waals surface area contributed by atoms with Crippen LogP contribution >= 0.6 is 0 Å². The van der Waals surface area contributed by atoms with Crippen molar-refractivity contribution in [3.8, 4) is 0 Å². The van der Waals surface area contributed by atoms with Crippen molar-refractivity contribution in [2.24, 2.45) is 0 Å². The molecule has 2 amide bonds. The number of amides is 2. The average Bonchev–Trinajstić information content (AvgIpc) is 2.71. The van der Waals surface area contributed by atoms with E-state index >= 15 is 0 Å². The zero-order valence-electron chi connectivity index (χ0n) is 11.3. The van der Waals surface area contributed by atoms with Crippen molar-refractivity contribution in [2.75, 3.05) is 13.7 Å². The molecule has 7 heteroatoms. The highest BCUT2D eigenvalue weighted by atomic mass is 16.7. The molecule has 7 nitrogen and oxygen atoms in total. The van der Waals surface area contributed by atoms with Gasteiger partial charge in [-0.25, -0.2) is 4.79 Å². The summed E-state index contributed by atoms with van der Waals surface area (Å²) >= 11 is 0. The number of carbonyl (C=O) groups is 3. The van der Waals surface area contributed by atoms with Gasteiger partial charge in [-0.05, 0) is 13.3 Å². The topological polar surface area (TPSA) is 84.9 Å². The number of hydrogen-bond donors (Lipinski definition) is 1. The summed E-state index contributed by atoms with van der Waals surface area (Å²) in [4.78, 5) is 39.1. The molecule has 1 heterocycles. The van der Waals surface area contributed by atoms with Crippen LogP contribution in [0, 0.1) is 0 Å². The molecule has 1 rings (SSSR count). The van der Waals surface area contributed by atoms with E-state index in [1.54, 1.807) is 0 Å². The van der Waals surface area contributed by atoms with Gasteiger partial charge >= 0.3 is 5.97 Å². The molecule has 1 saturated heterocycles. The number of nitrogens with one attached hydrogen (secondary N) is 1. The maximum atomic E-state index is 11.5. The first-order valence-electron chi connectivity index (χ1n) is 6.40. The van der Waals surface area contributed by atoms with Crippen LogP contribution < -0.4 is 5.32 Å². The van der Waals surface area contributed by atoms with Crippen LogP contribution in [0.1, 0.15) is 39.0 Å². The second kappa shape index (κ2) is 7.73. The van der Waals surface area contributed by atoms with Crippen LogP contribution in [0.15, 0.2) is 0 Å². The lowest BCUT2D eigenvalue weighted by Crippen LogP contribution is -2.36. The molecule has 0 aromatic carbocycles. The number of rotatable bonds is 7. The van der Waals surface area contributed by atoms with Crippen LogP contribution in [-0.4, -0.2) is 42.7 Å². The molecule has 0 radical (unpaired) electrons. The minimum atomic E-state index is -0.526. The minimum absolute atomic E-state index is 0.0946. The SMILES string of the molecule is CCNC(=O)CCCC(=O)ON1C(=O)CCC1OC. The lowest BCUT2D eigenvalue weighted by molar-refractivity contribution is -0.224. The second-order valence-electron chi connectivity index (χ2n) is 4.22. The smallest absolute Gasteiger partial charge is 0.332 e. The van der Waals surface area contributed by atoms with Gasteiger partial charge in [0, 0.05) is 39.3 Å². The third-order valence-electron chi connectivity index (χ3n) is 2.74. The third-order valence-corrected chi connectivity index (χ3v) is 2.74. The summed E-state index contributed by atoms with van der Waals surface area (Å²) in [7, 11) is 1.46. The van der Waals surface area contributed by atoms with E-state index in [2.05, 4.69) is 5.32 Å². The zero-order chi connectivity index (χ0) is 14.3. The van der Waals surface area contributed by atoms with E-state index < -0.39 is 12.2 Å². The minimum Gasteiger partial charge on any atom is -0.358 e. The van der Waals surface area contributed by atoms with Crippen molar-refractivity contribution >= 4 is 17.8 Å². The molecular formula is C12H20N2O5. The van der Waals surface area contributed by atoms with Gasteiger partial charge in [0.05, 0.1) is 0 Å². The predicted molar refractivity (Wildman–Crippen MR) is 65.5 cm³/mol. The van der Waals surface area contributed by atoms with Gasteiger partial charge in [0.25, 0.3) is 5.91 Å². The molecule has 19 heavy (non-hydrogen) atoms. The molecule has 0 bridgehead atoms. The van der Waals surface area contributed by atoms with E-state index in [0.29, 0.717) is 25.8 Å². The van der Waals surface area contributed by atoms with Gasteiger partial charge in [-0.3, -0.25) is 9.59 Å². The monoisotopic (exact) mass is 272 g/mol. The van der Waals surface area contributed by atoms with Crippen molar-refractivity contribution in [3.63, 3.8) is 0 Å². The van der Waals surface area contributed by atoms with Crippen LogP contribution in [0.5, 0.6) is 0 Å². The number of carbonyl (C=O) groups excluding carboxylic acids is 3. The molecule has 0 aromatic heterocycles. The molecule has 1 aliphatic rings. The van der Waals surface area contributed by atoms with Crippen molar-refractivity contribution in [1.29, 1.82) is 0 Å². The maximum absolute atomic E-state index is 11.5. The fraction of sp³-hybridized carbons (Fsp3) is 0.750. The quantitative estimate of drug-likeness (QED) is 0.722. The highest BCUT2D eigenvalue weighted by Crippen LogP contribution is 2.19. The number of methoxy groups -OCH3 is 1. The standard InChI is InChI=1S/C12H20N2O5/c1-3-13-9(15)5-4-6-12(17)19-14-10(16)7-8-11(14)18-2/h11H,3-8H2,1-2H3,(H,13,15). The third kappa shape index (κ3) is 4.86. The van der Waals surface area contributed by atoms with Crippen LogP contribution in [0.2, 0.25) is 0 Å². The predicted octanol–water partition coefficient (Wildman–Crippen LogP) is 0.346. The highest BCUT2D eigenvalue weighted by molar-refractivity contribution is 5.80. The van der Waals surface area contributed by atoms with Crippen LogP contribution in [0.4, 0.5) is 0 Å². The largest absolute Gasteiger partial charge is 0.358 e. The summed E-state index contributed by atoms with van der Waals surface area (Å²) in [6, 6.07) is 0. The van der Waals surface area contributed by atoms with Crippen molar-refractivity contribution in [3.05, 3.63) is 0 Å². The first-order valence-corrected chi connectivity index (χ1v) is 6.40. The molecular weight excluding hydrogens is 252 g/mol. The van der Waals surface area contributed by atoms with Gasteiger partial charge in [0.1, 0.15) is 0 Å². The molecule has 1 N–H and O–H groups in total. The van der Waals surface area contributed by atoms with Gasteiger partial charge in [-0.1, -0.05) is 0 Å². The van der Waals surface area contributed by atoms with Gasteiger partial charge in [0.15, 0.2) is 6.23 Å². The molecule has 108 valence electrons. The maximum Gasteiger partial charge on any atom is 0.332 e. The van der Waals surface area contributed by atoms with E-state index in [0.717, 1.165) is 5.06 Å². The lowest BCUT2D eigenvalue weighted by Gasteiger charge is -2.21. The summed E-state index contributed by atoms with van der Waals surface area (Å²) in [5, 5.41) is 3.62. The second-order valence-corrected chi connectivity index (χ2v) is 4.22. The van der Waals surface area contributed by atoms with E-state index in [-0.39, 0.29) is 24.7 Å². The Morgan fingerprint density at radius 3 is 2.79 bits per heavy atom.